The van der Waals surface area contributed by atoms with Crippen molar-refractivity contribution < 1.29 is 0 Å². The molecule has 0 spiro atoms. The van der Waals surface area contributed by atoms with Gasteiger partial charge in [-0.3, -0.25) is 0 Å². The molecule has 1 aromatic heterocycles. The van der Waals surface area contributed by atoms with Crippen LogP contribution in [0.3, 0.4) is 0 Å². The van der Waals surface area contributed by atoms with Crippen molar-refractivity contribution in [2.45, 2.75) is 25.3 Å². The number of rotatable bonds is 1. The van der Waals surface area contributed by atoms with Crippen molar-refractivity contribution in [1.29, 1.82) is 0 Å². The van der Waals surface area contributed by atoms with Gasteiger partial charge in [0.1, 0.15) is 0 Å². The van der Waals surface area contributed by atoms with Gasteiger partial charge in [0.15, 0.2) is 5.82 Å². The van der Waals surface area contributed by atoms with Crippen LogP contribution in [0.25, 0.3) is 0 Å². The number of hydrogen-bond donors (Lipinski definition) is 3. The second-order valence-corrected chi connectivity index (χ2v) is 3.61. The predicted molar refractivity (Wildman–Crippen MR) is 49.2 cm³/mol. The fraction of sp³-hybridized carbons (Fsp3) is 0.714. The Hall–Kier alpha value is -1.30. The number of anilines is 1. The molecule has 1 aromatic rings. The Bertz CT molecular complexity index is 311. The molecular weight excluding hydrogens is 168 g/mol. The lowest BCUT2D eigenvalue weighted by molar-refractivity contribution is 0.397. The van der Waals surface area contributed by atoms with Crippen molar-refractivity contribution >= 4 is 5.95 Å². The van der Waals surface area contributed by atoms with E-state index in [0.29, 0.717) is 5.82 Å². The van der Waals surface area contributed by atoms with Gasteiger partial charge in [-0.05, 0) is 26.3 Å². The Kier molecular flexibility index (Phi) is 1.66. The third-order valence-corrected chi connectivity index (χ3v) is 2.58. The first-order valence-electron chi connectivity index (χ1n) is 4.35. The molecule has 0 saturated carbocycles. The molecule has 6 heteroatoms. The summed E-state index contributed by atoms with van der Waals surface area (Å²) < 4.78 is 1.35. The summed E-state index contributed by atoms with van der Waals surface area (Å²) in [5.41, 5.74) is 5.34. The van der Waals surface area contributed by atoms with E-state index in [9.17, 15) is 0 Å². The second-order valence-electron chi connectivity index (χ2n) is 3.61. The van der Waals surface area contributed by atoms with Gasteiger partial charge in [0.2, 0.25) is 5.95 Å². The normalized spacial score (nSPS) is 28.1. The van der Waals surface area contributed by atoms with Crippen molar-refractivity contribution in [3.05, 3.63) is 5.82 Å². The maximum Gasteiger partial charge on any atom is 0.240 e. The lowest BCUT2D eigenvalue weighted by atomic mass is 10.00. The Labute approximate surface area is 76.3 Å². The SMILES string of the molecule is CC1(c2nnc(N)n2N)CCCN1. The molecule has 2 heterocycles. The van der Waals surface area contributed by atoms with Crippen molar-refractivity contribution in [2.75, 3.05) is 18.1 Å². The van der Waals surface area contributed by atoms with E-state index < -0.39 is 0 Å². The van der Waals surface area contributed by atoms with Gasteiger partial charge in [-0.25, -0.2) is 4.68 Å². The summed E-state index contributed by atoms with van der Waals surface area (Å²) >= 11 is 0. The zero-order valence-electron chi connectivity index (χ0n) is 7.62. The monoisotopic (exact) mass is 182 g/mol. The number of nitrogens with two attached hydrogens (primary N) is 2. The molecule has 72 valence electrons. The summed E-state index contributed by atoms with van der Waals surface area (Å²) in [5.74, 6) is 6.66. The molecule has 0 amide bonds. The molecule has 0 bridgehead atoms. The first-order chi connectivity index (χ1) is 6.13. The van der Waals surface area contributed by atoms with Gasteiger partial charge in [-0.1, -0.05) is 0 Å². The average Bonchev–Trinajstić information content (AvgIpc) is 2.63. The van der Waals surface area contributed by atoms with E-state index in [0.717, 1.165) is 19.4 Å². The van der Waals surface area contributed by atoms with Gasteiger partial charge in [0.05, 0.1) is 5.54 Å². The fourth-order valence-corrected chi connectivity index (χ4v) is 1.77. The number of nitrogens with one attached hydrogen (secondary N) is 1. The van der Waals surface area contributed by atoms with Crippen LogP contribution in [0, 0.1) is 0 Å². The minimum absolute atomic E-state index is 0.167. The van der Waals surface area contributed by atoms with Crippen LogP contribution in [0.1, 0.15) is 25.6 Å². The highest BCUT2D eigenvalue weighted by Crippen LogP contribution is 2.28. The van der Waals surface area contributed by atoms with Gasteiger partial charge >= 0.3 is 0 Å². The molecular formula is C7H14N6. The maximum atomic E-state index is 5.69. The molecule has 1 aliphatic rings. The topological polar surface area (TPSA) is 94.8 Å². The Morgan fingerprint density at radius 3 is 2.77 bits per heavy atom. The van der Waals surface area contributed by atoms with Crippen LogP contribution >= 0.6 is 0 Å². The molecule has 1 unspecified atom stereocenters. The summed E-state index contributed by atoms with van der Waals surface area (Å²) in [6, 6.07) is 0. The van der Waals surface area contributed by atoms with Gasteiger partial charge < -0.3 is 16.9 Å². The van der Waals surface area contributed by atoms with Gasteiger partial charge in [0.25, 0.3) is 0 Å². The minimum Gasteiger partial charge on any atom is -0.366 e. The van der Waals surface area contributed by atoms with E-state index in [4.69, 9.17) is 11.6 Å². The number of nitrogens with zero attached hydrogens (tertiary/aromatic N) is 3. The lowest BCUT2D eigenvalue weighted by Gasteiger charge is -2.22. The molecule has 1 atom stereocenters. The van der Waals surface area contributed by atoms with Crippen LogP contribution in [0.2, 0.25) is 0 Å². The molecule has 1 fully saturated rings. The predicted octanol–water partition coefficient (Wildman–Crippen LogP) is -0.827. The Balaban J connectivity index is 2.39. The summed E-state index contributed by atoms with van der Waals surface area (Å²) in [6.45, 7) is 3.05. The van der Waals surface area contributed by atoms with Crippen LogP contribution in [0.15, 0.2) is 0 Å². The van der Waals surface area contributed by atoms with Gasteiger partial charge in [-0.15, -0.1) is 10.2 Å². The minimum atomic E-state index is -0.167. The Morgan fingerprint density at radius 2 is 2.31 bits per heavy atom. The molecule has 0 aliphatic carbocycles. The highest BCUT2D eigenvalue weighted by molar-refractivity contribution is 5.21. The van der Waals surface area contributed by atoms with Crippen LogP contribution in [-0.2, 0) is 5.54 Å². The van der Waals surface area contributed by atoms with E-state index in [1.165, 1.54) is 4.68 Å². The maximum absolute atomic E-state index is 5.69. The summed E-state index contributed by atoms with van der Waals surface area (Å²) in [5, 5.41) is 11.0. The first-order valence-corrected chi connectivity index (χ1v) is 4.35. The Morgan fingerprint density at radius 1 is 1.54 bits per heavy atom. The highest BCUT2D eigenvalue weighted by Gasteiger charge is 2.35. The fourth-order valence-electron chi connectivity index (χ4n) is 1.77. The lowest BCUT2D eigenvalue weighted by Crippen LogP contribution is -2.38. The van der Waals surface area contributed by atoms with E-state index >= 15 is 0 Å². The van der Waals surface area contributed by atoms with Crippen molar-refractivity contribution in [3.63, 3.8) is 0 Å². The second kappa shape index (κ2) is 2.59. The third-order valence-electron chi connectivity index (χ3n) is 2.58. The molecule has 13 heavy (non-hydrogen) atoms. The summed E-state index contributed by atoms with van der Waals surface area (Å²) in [7, 11) is 0. The van der Waals surface area contributed by atoms with Crippen molar-refractivity contribution in [3.8, 4) is 0 Å². The molecule has 1 aliphatic heterocycles. The molecule has 5 N–H and O–H groups in total. The molecule has 6 nitrogen and oxygen atoms in total. The number of aromatic nitrogens is 3. The van der Waals surface area contributed by atoms with E-state index in [1.54, 1.807) is 0 Å². The smallest absolute Gasteiger partial charge is 0.240 e. The van der Waals surface area contributed by atoms with Crippen molar-refractivity contribution in [2.24, 2.45) is 0 Å². The van der Waals surface area contributed by atoms with E-state index in [-0.39, 0.29) is 11.5 Å². The third kappa shape index (κ3) is 1.14. The largest absolute Gasteiger partial charge is 0.366 e. The molecule has 1 saturated heterocycles. The van der Waals surface area contributed by atoms with Crippen LogP contribution in [-0.4, -0.2) is 21.4 Å². The summed E-state index contributed by atoms with van der Waals surface area (Å²) in [6.07, 6.45) is 2.14. The standard InChI is InChI=1S/C7H14N6/c1-7(3-2-4-10-7)5-11-12-6(8)13(5)9/h10H,2-4,9H2,1H3,(H2,8,12). The van der Waals surface area contributed by atoms with Gasteiger partial charge in [0, 0.05) is 0 Å². The van der Waals surface area contributed by atoms with Crippen LogP contribution in [0.5, 0.6) is 0 Å². The molecule has 2 rings (SSSR count). The quantitative estimate of drug-likeness (QED) is 0.493. The average molecular weight is 182 g/mol. The van der Waals surface area contributed by atoms with E-state index in [1.807, 2.05) is 0 Å². The zero-order valence-corrected chi connectivity index (χ0v) is 7.62. The van der Waals surface area contributed by atoms with Gasteiger partial charge in [-0.2, -0.15) is 0 Å². The summed E-state index contributed by atoms with van der Waals surface area (Å²) in [4.78, 5) is 0. The number of nitrogen functional groups attached to an aromatic ring is 2. The highest BCUT2D eigenvalue weighted by atomic mass is 15.5. The molecule has 0 aromatic carbocycles. The number of hydrogen-bond acceptors (Lipinski definition) is 5. The first kappa shape index (κ1) is 8.31. The zero-order chi connectivity index (χ0) is 9.47. The van der Waals surface area contributed by atoms with Crippen LogP contribution in [0.4, 0.5) is 5.95 Å². The molecule has 0 radical (unpaired) electrons. The van der Waals surface area contributed by atoms with E-state index in [2.05, 4.69) is 22.4 Å². The van der Waals surface area contributed by atoms with Crippen LogP contribution < -0.4 is 16.9 Å². The van der Waals surface area contributed by atoms with Crippen molar-refractivity contribution in [1.82, 2.24) is 20.2 Å².